The van der Waals surface area contributed by atoms with Crippen molar-refractivity contribution in [2.45, 2.75) is 26.8 Å². The van der Waals surface area contributed by atoms with Gasteiger partial charge >= 0.3 is 20.1 Å². The maximum absolute atomic E-state index is 4.32. The van der Waals surface area contributed by atoms with E-state index in [2.05, 4.69) is 137 Å². The maximum Gasteiger partial charge on any atom is 3.00 e. The number of benzene rings is 5. The molecule has 5 heteroatoms. The molecule has 0 fully saturated rings. The molecule has 0 saturated carbocycles. The molecule has 0 amide bonds. The fourth-order valence-electron chi connectivity index (χ4n) is 6.39. The zero-order chi connectivity index (χ0) is 29.8. The average Bonchev–Trinajstić information content (AvgIpc) is 3.73. The van der Waals surface area contributed by atoms with Crippen LogP contribution in [0.3, 0.4) is 0 Å². The topological polar surface area (TPSA) is 23.8 Å². The summed E-state index contributed by atoms with van der Waals surface area (Å²) >= 11 is 0. The van der Waals surface area contributed by atoms with Crippen LogP contribution in [0.2, 0.25) is 0 Å². The molecular weight excluding hydrogens is 729 g/mol. The van der Waals surface area contributed by atoms with Crippen LogP contribution < -0.4 is 9.80 Å². The largest absolute Gasteiger partial charge is 3.00 e. The van der Waals surface area contributed by atoms with E-state index in [1.807, 2.05) is 43.5 Å². The molecule has 0 saturated heterocycles. The van der Waals surface area contributed by atoms with Crippen LogP contribution in [0.25, 0.3) is 49.4 Å². The fourth-order valence-corrected chi connectivity index (χ4v) is 6.39. The first-order valence-corrected chi connectivity index (χ1v) is 15.1. The van der Waals surface area contributed by atoms with Crippen molar-refractivity contribution in [3.05, 3.63) is 146 Å². The van der Waals surface area contributed by atoms with Crippen LogP contribution in [-0.2, 0) is 20.1 Å². The molecule has 1 aliphatic rings. The molecule has 0 bridgehead atoms. The number of pyridine rings is 1. The van der Waals surface area contributed by atoms with Gasteiger partial charge < -0.3 is 19.2 Å². The summed E-state index contributed by atoms with van der Waals surface area (Å²) < 4.78 is 2.40. The number of nitrogens with zero attached hydrogens (tertiary/aromatic N) is 4. The van der Waals surface area contributed by atoms with Gasteiger partial charge in [-0.1, -0.05) is 77.1 Å². The number of anilines is 3. The number of aromatic nitrogens is 2. The first-order chi connectivity index (χ1) is 21.6. The fraction of sp³-hybridized carbons (Fsp3) is 0.100. The van der Waals surface area contributed by atoms with Crippen molar-refractivity contribution in [3.63, 3.8) is 0 Å². The Kier molecular flexibility index (Phi) is 7.53. The van der Waals surface area contributed by atoms with E-state index < -0.39 is 0 Å². The van der Waals surface area contributed by atoms with Crippen LogP contribution in [-0.4, -0.2) is 15.4 Å². The van der Waals surface area contributed by atoms with E-state index in [-0.39, 0.29) is 20.1 Å². The first-order valence-electron chi connectivity index (χ1n) is 15.1. The van der Waals surface area contributed by atoms with Crippen LogP contribution in [0.15, 0.2) is 121 Å². The predicted octanol–water partition coefficient (Wildman–Crippen LogP) is 9.98. The van der Waals surface area contributed by atoms with Crippen molar-refractivity contribution in [2.75, 3.05) is 9.80 Å². The van der Waals surface area contributed by atoms with E-state index in [9.17, 15) is 0 Å². The van der Waals surface area contributed by atoms with Gasteiger partial charge in [0.2, 0.25) is 0 Å². The molecular formula is C40H31IrN4. The monoisotopic (exact) mass is 760 g/mol. The first kappa shape index (κ1) is 29.0. The Morgan fingerprint density at radius 3 is 2.13 bits per heavy atom. The minimum atomic E-state index is 0. The minimum Gasteiger partial charge on any atom is -0.499 e. The van der Waals surface area contributed by atoms with Gasteiger partial charge in [-0.2, -0.15) is 6.67 Å². The standard InChI is InChI=1S/C28H21N3.C12H10N.Ir/c1-18(2)29-17-30(27-14-8-7-13-26(27)29)19-15-22-20-9-3-5-11-24(20)31-25-12-6-4-10-21(25)23(16-19)28(22)31;1-10-7-8-12(13-9-10)11-5-3-2-4-6-11;/h3-15,17-18H,1-2H3;2-5,7-9H,1H3;/q-2;-1;+3. The smallest absolute Gasteiger partial charge is 0.499 e. The molecule has 0 N–H and O–H groups in total. The molecule has 0 aliphatic carbocycles. The SMILES string of the molecule is CC(C)N1[CH-]N(c2[c-]c3c4ccccc4n4c5ccccc5c(c2)c34)c2ccccc21.Cc1ccc(-c2[c-]cccc2)nc1.[Ir+3]. The summed E-state index contributed by atoms with van der Waals surface area (Å²) in [4.78, 5) is 8.94. The Morgan fingerprint density at radius 2 is 1.42 bits per heavy atom. The number of hydrogen-bond acceptors (Lipinski definition) is 3. The number of rotatable bonds is 3. The van der Waals surface area contributed by atoms with Gasteiger partial charge in [-0.05, 0) is 73.2 Å². The summed E-state index contributed by atoms with van der Waals surface area (Å²) in [5, 5.41) is 5.01. The molecule has 0 radical (unpaired) electrons. The minimum absolute atomic E-state index is 0. The van der Waals surface area contributed by atoms with Crippen LogP contribution >= 0.6 is 0 Å². The van der Waals surface area contributed by atoms with Crippen molar-refractivity contribution in [1.29, 1.82) is 0 Å². The van der Waals surface area contributed by atoms with Gasteiger partial charge in [0.05, 0.1) is 0 Å². The summed E-state index contributed by atoms with van der Waals surface area (Å²) in [5.74, 6) is 0. The van der Waals surface area contributed by atoms with Gasteiger partial charge in [0.1, 0.15) is 0 Å². The van der Waals surface area contributed by atoms with Gasteiger partial charge in [0.25, 0.3) is 0 Å². The van der Waals surface area contributed by atoms with Gasteiger partial charge in [-0.3, -0.25) is 0 Å². The molecule has 3 aromatic heterocycles. The van der Waals surface area contributed by atoms with Gasteiger partial charge in [-0.15, -0.1) is 53.4 Å². The van der Waals surface area contributed by atoms with Crippen molar-refractivity contribution in [1.82, 2.24) is 9.38 Å². The number of para-hydroxylation sites is 4. The molecule has 4 nitrogen and oxygen atoms in total. The number of hydrogen-bond donors (Lipinski definition) is 0. The van der Waals surface area contributed by atoms with Gasteiger partial charge in [0, 0.05) is 28.6 Å². The second-order valence-corrected chi connectivity index (χ2v) is 11.6. The Bertz CT molecular complexity index is 2170. The van der Waals surface area contributed by atoms with Crippen molar-refractivity contribution < 1.29 is 20.1 Å². The maximum atomic E-state index is 4.32. The Balaban J connectivity index is 0.000000196. The van der Waals surface area contributed by atoms with Crippen LogP contribution in [0.5, 0.6) is 0 Å². The number of aryl methyl sites for hydroxylation is 1. The third-order valence-corrected chi connectivity index (χ3v) is 8.47. The quantitative estimate of drug-likeness (QED) is 0.168. The third-order valence-electron chi connectivity index (χ3n) is 8.47. The molecule has 5 aromatic carbocycles. The molecule has 1 aliphatic heterocycles. The van der Waals surface area contributed by atoms with E-state index in [1.165, 1.54) is 55.0 Å². The molecule has 0 atom stereocenters. The second-order valence-electron chi connectivity index (χ2n) is 11.6. The van der Waals surface area contributed by atoms with E-state index in [1.54, 1.807) is 0 Å². The summed E-state index contributed by atoms with van der Waals surface area (Å²) in [5.41, 5.74) is 10.5. The predicted molar refractivity (Wildman–Crippen MR) is 184 cm³/mol. The van der Waals surface area contributed by atoms with Crippen molar-refractivity contribution >= 4 is 55.2 Å². The van der Waals surface area contributed by atoms with E-state index in [0.29, 0.717) is 6.04 Å². The van der Waals surface area contributed by atoms with E-state index in [4.69, 9.17) is 0 Å². The number of fused-ring (bicyclic) bond motifs is 7. The van der Waals surface area contributed by atoms with E-state index >= 15 is 0 Å². The molecule has 0 unspecified atom stereocenters. The zero-order valence-corrected chi connectivity index (χ0v) is 27.7. The Morgan fingerprint density at radius 1 is 0.733 bits per heavy atom. The van der Waals surface area contributed by atoms with Crippen molar-refractivity contribution in [3.8, 4) is 11.3 Å². The van der Waals surface area contributed by atoms with Gasteiger partial charge in [0.15, 0.2) is 0 Å². The molecule has 8 aromatic rings. The summed E-state index contributed by atoms with van der Waals surface area (Å²) in [6.07, 6.45) is 1.87. The molecule has 9 rings (SSSR count). The average molecular weight is 760 g/mol. The van der Waals surface area contributed by atoms with Crippen LogP contribution in [0.1, 0.15) is 19.4 Å². The molecule has 0 spiro atoms. The van der Waals surface area contributed by atoms with Crippen LogP contribution in [0.4, 0.5) is 17.1 Å². The van der Waals surface area contributed by atoms with Crippen LogP contribution in [0, 0.1) is 25.7 Å². The van der Waals surface area contributed by atoms with Crippen molar-refractivity contribution in [2.24, 2.45) is 0 Å². The normalized spacial score (nSPS) is 12.6. The second kappa shape index (κ2) is 11.7. The summed E-state index contributed by atoms with van der Waals surface area (Å²) in [7, 11) is 0. The van der Waals surface area contributed by atoms with E-state index in [0.717, 1.165) is 16.9 Å². The molecule has 220 valence electrons. The Labute approximate surface area is 277 Å². The van der Waals surface area contributed by atoms with Gasteiger partial charge in [-0.25, -0.2) is 0 Å². The Hall–Kier alpha value is -4.70. The summed E-state index contributed by atoms with van der Waals surface area (Å²) in [6.45, 7) is 8.71. The third kappa shape index (κ3) is 4.84. The molecule has 45 heavy (non-hydrogen) atoms. The molecule has 4 heterocycles. The zero-order valence-electron chi connectivity index (χ0n) is 25.3. The summed E-state index contributed by atoms with van der Waals surface area (Å²) in [6, 6.07) is 47.6.